The first kappa shape index (κ1) is 28.4. The van der Waals surface area contributed by atoms with Gasteiger partial charge in [-0.3, -0.25) is 9.59 Å². The predicted molar refractivity (Wildman–Crippen MR) is 159 cm³/mol. The van der Waals surface area contributed by atoms with E-state index in [4.69, 9.17) is 9.40 Å². The number of rotatable bonds is 11. The van der Waals surface area contributed by atoms with Crippen LogP contribution in [0.15, 0.2) is 65.5 Å². The largest absolute Gasteiger partial charge is 0.508 e. The van der Waals surface area contributed by atoms with Gasteiger partial charge < -0.3 is 29.6 Å². The quantitative estimate of drug-likeness (QED) is 0.226. The van der Waals surface area contributed by atoms with E-state index in [1.54, 1.807) is 42.9 Å². The molecular formula is C32H39N5O4. The molecule has 216 valence electrons. The van der Waals surface area contributed by atoms with E-state index in [1.165, 1.54) is 19.3 Å². The lowest BCUT2D eigenvalue weighted by Gasteiger charge is -2.25. The number of amides is 2. The molecule has 0 aliphatic heterocycles. The van der Waals surface area contributed by atoms with Gasteiger partial charge in [0.05, 0.1) is 22.9 Å². The second kappa shape index (κ2) is 13.0. The molecule has 1 fully saturated rings. The standard InChI is InChI=1S/C32H39N5O4/c1-36(2)17-6-16-33-32(40)28(19-22-9-12-26(38)13-10-22)35-31(39)23-11-14-29-27(20-23)34-30(24-15-18-41-21-24)37(29)25-7-4-3-5-8-25/h9-15,18,20-21,25,28,38H,3-8,16-17,19H2,1-2H3,(H,33,40)(H,35,39)/t28-/m0/s1. The molecular weight excluding hydrogens is 518 g/mol. The Morgan fingerprint density at radius 2 is 1.88 bits per heavy atom. The van der Waals surface area contributed by atoms with Crippen LogP contribution >= 0.6 is 0 Å². The van der Waals surface area contributed by atoms with Crippen molar-refractivity contribution in [2.75, 3.05) is 27.2 Å². The normalized spacial score (nSPS) is 14.8. The maximum Gasteiger partial charge on any atom is 0.252 e. The third kappa shape index (κ3) is 6.97. The van der Waals surface area contributed by atoms with Crippen LogP contribution in [-0.2, 0) is 11.2 Å². The van der Waals surface area contributed by atoms with Crippen molar-refractivity contribution in [2.24, 2.45) is 0 Å². The summed E-state index contributed by atoms with van der Waals surface area (Å²) >= 11 is 0. The van der Waals surface area contributed by atoms with Gasteiger partial charge in [-0.2, -0.15) is 0 Å². The maximum absolute atomic E-state index is 13.5. The van der Waals surface area contributed by atoms with Crippen molar-refractivity contribution in [3.05, 3.63) is 72.2 Å². The molecule has 2 aromatic heterocycles. The number of benzene rings is 2. The highest BCUT2D eigenvalue weighted by atomic mass is 16.3. The smallest absolute Gasteiger partial charge is 0.252 e. The molecule has 9 heteroatoms. The van der Waals surface area contributed by atoms with E-state index in [0.29, 0.717) is 24.6 Å². The molecule has 41 heavy (non-hydrogen) atoms. The highest BCUT2D eigenvalue weighted by molar-refractivity contribution is 6.00. The zero-order valence-corrected chi connectivity index (χ0v) is 23.8. The van der Waals surface area contributed by atoms with E-state index >= 15 is 0 Å². The van der Waals surface area contributed by atoms with Gasteiger partial charge in [0, 0.05) is 24.6 Å². The van der Waals surface area contributed by atoms with Crippen molar-refractivity contribution in [1.29, 1.82) is 0 Å². The molecule has 2 amide bonds. The Balaban J connectivity index is 1.38. The van der Waals surface area contributed by atoms with E-state index in [9.17, 15) is 14.7 Å². The Morgan fingerprint density at radius 1 is 1.10 bits per heavy atom. The fourth-order valence-corrected chi connectivity index (χ4v) is 5.59. The average Bonchev–Trinajstić information content (AvgIpc) is 3.64. The van der Waals surface area contributed by atoms with Crippen LogP contribution in [0.3, 0.4) is 0 Å². The topological polar surface area (TPSA) is 113 Å². The van der Waals surface area contributed by atoms with Crippen LogP contribution < -0.4 is 10.6 Å². The van der Waals surface area contributed by atoms with Crippen molar-refractivity contribution in [2.45, 2.75) is 57.0 Å². The van der Waals surface area contributed by atoms with Crippen molar-refractivity contribution in [1.82, 2.24) is 25.1 Å². The number of fused-ring (bicyclic) bond motifs is 1. The summed E-state index contributed by atoms with van der Waals surface area (Å²) in [5.74, 6) is 0.421. The van der Waals surface area contributed by atoms with Gasteiger partial charge in [-0.25, -0.2) is 4.98 Å². The van der Waals surface area contributed by atoms with Crippen LogP contribution in [0.4, 0.5) is 0 Å². The summed E-state index contributed by atoms with van der Waals surface area (Å²) in [7, 11) is 3.98. The minimum Gasteiger partial charge on any atom is -0.508 e. The fourth-order valence-electron chi connectivity index (χ4n) is 5.59. The SMILES string of the molecule is CN(C)CCCNC(=O)[C@H](Cc1ccc(O)cc1)NC(=O)c1ccc2c(c1)nc(-c1ccoc1)n2C1CCCCC1. The summed E-state index contributed by atoms with van der Waals surface area (Å²) < 4.78 is 7.67. The fraction of sp³-hybridized carbons (Fsp3) is 0.406. The summed E-state index contributed by atoms with van der Waals surface area (Å²) in [5, 5.41) is 15.6. The number of phenolic OH excluding ortho intramolecular Hbond substituents is 1. The Hall–Kier alpha value is -4.11. The Kier molecular flexibility index (Phi) is 9.04. The number of aromatic hydroxyl groups is 1. The van der Waals surface area contributed by atoms with Crippen molar-refractivity contribution >= 4 is 22.8 Å². The molecule has 0 saturated heterocycles. The molecule has 1 aliphatic carbocycles. The zero-order chi connectivity index (χ0) is 28.8. The Morgan fingerprint density at radius 3 is 2.59 bits per heavy atom. The van der Waals surface area contributed by atoms with Gasteiger partial charge in [0.25, 0.3) is 5.91 Å². The van der Waals surface area contributed by atoms with Gasteiger partial charge in [0.15, 0.2) is 0 Å². The van der Waals surface area contributed by atoms with Crippen LogP contribution in [0, 0.1) is 0 Å². The van der Waals surface area contributed by atoms with Gasteiger partial charge in [-0.05, 0) is 81.9 Å². The Labute approximate surface area is 240 Å². The van der Waals surface area contributed by atoms with Gasteiger partial charge in [0.2, 0.25) is 5.91 Å². The minimum atomic E-state index is -0.775. The minimum absolute atomic E-state index is 0.151. The lowest BCUT2D eigenvalue weighted by Crippen LogP contribution is -2.48. The molecule has 1 aliphatic rings. The maximum atomic E-state index is 13.5. The predicted octanol–water partition coefficient (Wildman–Crippen LogP) is 4.92. The lowest BCUT2D eigenvalue weighted by molar-refractivity contribution is -0.122. The molecule has 9 nitrogen and oxygen atoms in total. The summed E-state index contributed by atoms with van der Waals surface area (Å²) in [5.41, 5.74) is 3.92. The molecule has 0 spiro atoms. The number of imidazole rings is 1. The average molecular weight is 558 g/mol. The van der Waals surface area contributed by atoms with E-state index in [1.807, 2.05) is 32.3 Å². The number of carbonyl (C=O) groups is 2. The zero-order valence-electron chi connectivity index (χ0n) is 23.8. The first-order valence-corrected chi connectivity index (χ1v) is 14.4. The molecule has 5 rings (SSSR count). The molecule has 1 atom stereocenters. The molecule has 4 aromatic rings. The van der Waals surface area contributed by atoms with Gasteiger partial charge in [-0.15, -0.1) is 0 Å². The van der Waals surface area contributed by atoms with Crippen LogP contribution in [-0.4, -0.2) is 64.6 Å². The van der Waals surface area contributed by atoms with Gasteiger partial charge in [0.1, 0.15) is 23.9 Å². The van der Waals surface area contributed by atoms with Gasteiger partial charge >= 0.3 is 0 Å². The molecule has 2 aromatic carbocycles. The third-order valence-corrected chi connectivity index (χ3v) is 7.75. The van der Waals surface area contributed by atoms with Crippen LogP contribution in [0.2, 0.25) is 0 Å². The van der Waals surface area contributed by atoms with Crippen LogP contribution in [0.1, 0.15) is 60.5 Å². The summed E-state index contributed by atoms with van der Waals surface area (Å²) in [6.45, 7) is 1.36. The van der Waals surface area contributed by atoms with E-state index in [-0.39, 0.29) is 17.6 Å². The number of nitrogens with one attached hydrogen (secondary N) is 2. The number of phenols is 1. The van der Waals surface area contributed by atoms with Crippen molar-refractivity contribution in [3.8, 4) is 17.1 Å². The molecule has 2 heterocycles. The summed E-state index contributed by atoms with van der Waals surface area (Å²) in [4.78, 5) is 33.7. The number of aromatic nitrogens is 2. The monoisotopic (exact) mass is 557 g/mol. The van der Waals surface area contributed by atoms with Crippen molar-refractivity contribution in [3.63, 3.8) is 0 Å². The lowest BCUT2D eigenvalue weighted by atomic mass is 9.95. The van der Waals surface area contributed by atoms with Crippen LogP contribution in [0.25, 0.3) is 22.4 Å². The third-order valence-electron chi connectivity index (χ3n) is 7.75. The number of furan rings is 1. The molecule has 0 radical (unpaired) electrons. The second-order valence-corrected chi connectivity index (χ2v) is 11.2. The summed E-state index contributed by atoms with van der Waals surface area (Å²) in [6.07, 6.45) is 10.3. The van der Waals surface area contributed by atoms with Crippen LogP contribution in [0.5, 0.6) is 5.75 Å². The number of carbonyl (C=O) groups excluding carboxylic acids is 2. The highest BCUT2D eigenvalue weighted by Crippen LogP contribution is 2.36. The van der Waals surface area contributed by atoms with Gasteiger partial charge in [-0.1, -0.05) is 31.4 Å². The first-order chi connectivity index (χ1) is 19.9. The second-order valence-electron chi connectivity index (χ2n) is 11.2. The number of hydrogen-bond acceptors (Lipinski definition) is 6. The molecule has 3 N–H and O–H groups in total. The summed E-state index contributed by atoms with van der Waals surface area (Å²) in [6, 6.07) is 13.8. The van der Waals surface area contributed by atoms with E-state index < -0.39 is 6.04 Å². The number of nitrogens with zero attached hydrogens (tertiary/aromatic N) is 3. The number of hydrogen-bond donors (Lipinski definition) is 3. The Bertz CT molecular complexity index is 1450. The molecule has 1 saturated carbocycles. The highest BCUT2D eigenvalue weighted by Gasteiger charge is 2.25. The van der Waals surface area contributed by atoms with E-state index in [2.05, 4.69) is 20.1 Å². The first-order valence-electron chi connectivity index (χ1n) is 14.4. The van der Waals surface area contributed by atoms with E-state index in [0.717, 1.165) is 53.8 Å². The molecule has 0 bridgehead atoms. The van der Waals surface area contributed by atoms with Crippen molar-refractivity contribution < 1.29 is 19.1 Å². The molecule has 0 unspecified atom stereocenters.